The molecule has 0 aliphatic heterocycles. The Morgan fingerprint density at radius 2 is 2.21 bits per heavy atom. The first-order valence-electron chi connectivity index (χ1n) is 5.41. The Kier molecular flexibility index (Phi) is 3.80. The monoisotopic (exact) mass is 274 g/mol. The molecule has 0 unspecified atom stereocenters. The summed E-state index contributed by atoms with van der Waals surface area (Å²) < 4.78 is 0. The van der Waals surface area contributed by atoms with Crippen LogP contribution in [0.1, 0.15) is 11.1 Å². The molecule has 7 heteroatoms. The van der Waals surface area contributed by atoms with Gasteiger partial charge in [-0.3, -0.25) is 5.43 Å². The molecular formula is C12H11ClN6. The van der Waals surface area contributed by atoms with Gasteiger partial charge < -0.3 is 5.32 Å². The third kappa shape index (κ3) is 2.91. The second kappa shape index (κ2) is 5.52. The van der Waals surface area contributed by atoms with Crippen LogP contribution in [0.2, 0.25) is 5.02 Å². The molecule has 0 aliphatic carbocycles. The van der Waals surface area contributed by atoms with Crippen LogP contribution in [-0.2, 0) is 0 Å². The number of hydrogen-bond acceptors (Lipinski definition) is 6. The van der Waals surface area contributed by atoms with Gasteiger partial charge in [0.1, 0.15) is 11.9 Å². The number of nitrogen functional groups attached to an aromatic ring is 1. The van der Waals surface area contributed by atoms with Gasteiger partial charge in [-0.05, 0) is 25.1 Å². The van der Waals surface area contributed by atoms with Crippen molar-refractivity contribution < 1.29 is 0 Å². The smallest absolute Gasteiger partial charge is 0.239 e. The van der Waals surface area contributed by atoms with Gasteiger partial charge in [0.15, 0.2) is 0 Å². The first kappa shape index (κ1) is 13.1. The van der Waals surface area contributed by atoms with Crippen LogP contribution in [0.5, 0.6) is 0 Å². The van der Waals surface area contributed by atoms with Gasteiger partial charge in [0.25, 0.3) is 0 Å². The highest BCUT2D eigenvalue weighted by Gasteiger charge is 2.07. The van der Waals surface area contributed by atoms with Crippen molar-refractivity contribution in [3.63, 3.8) is 0 Å². The fraction of sp³-hybridized carbons (Fsp3) is 0.0833. The SMILES string of the molecule is Cc1cnc(NN)nc1Nc1cc(Cl)ccc1C#N. The van der Waals surface area contributed by atoms with Crippen LogP contribution in [0.25, 0.3) is 0 Å². The summed E-state index contributed by atoms with van der Waals surface area (Å²) in [6.45, 7) is 1.85. The van der Waals surface area contributed by atoms with Gasteiger partial charge in [-0.1, -0.05) is 11.6 Å². The van der Waals surface area contributed by atoms with E-state index in [1.807, 2.05) is 6.92 Å². The Hall–Kier alpha value is -2.36. The number of halogens is 1. The normalized spacial score (nSPS) is 9.79. The lowest BCUT2D eigenvalue weighted by atomic mass is 10.2. The van der Waals surface area contributed by atoms with E-state index >= 15 is 0 Å². The Balaban J connectivity index is 2.41. The van der Waals surface area contributed by atoms with Crippen molar-refractivity contribution in [2.75, 3.05) is 10.7 Å². The molecule has 2 rings (SSSR count). The molecule has 6 nitrogen and oxygen atoms in total. The summed E-state index contributed by atoms with van der Waals surface area (Å²) in [4.78, 5) is 8.16. The highest BCUT2D eigenvalue weighted by Crippen LogP contribution is 2.25. The average molecular weight is 275 g/mol. The van der Waals surface area contributed by atoms with Crippen molar-refractivity contribution in [2.45, 2.75) is 6.92 Å². The molecular weight excluding hydrogens is 264 g/mol. The van der Waals surface area contributed by atoms with Crippen LogP contribution >= 0.6 is 11.6 Å². The van der Waals surface area contributed by atoms with E-state index in [1.54, 1.807) is 24.4 Å². The van der Waals surface area contributed by atoms with E-state index in [0.717, 1.165) is 5.56 Å². The van der Waals surface area contributed by atoms with E-state index < -0.39 is 0 Å². The highest BCUT2D eigenvalue weighted by atomic mass is 35.5. The number of nitrogens with one attached hydrogen (secondary N) is 2. The summed E-state index contributed by atoms with van der Waals surface area (Å²) in [5, 5.41) is 12.6. The van der Waals surface area contributed by atoms with Crippen molar-refractivity contribution in [3.8, 4) is 6.07 Å². The molecule has 0 fully saturated rings. The lowest BCUT2D eigenvalue weighted by Crippen LogP contribution is -2.11. The summed E-state index contributed by atoms with van der Waals surface area (Å²) in [7, 11) is 0. The quantitative estimate of drug-likeness (QED) is 0.587. The van der Waals surface area contributed by atoms with E-state index in [0.29, 0.717) is 22.1 Å². The minimum Gasteiger partial charge on any atom is -0.339 e. The number of rotatable bonds is 3. The van der Waals surface area contributed by atoms with E-state index in [-0.39, 0.29) is 5.95 Å². The van der Waals surface area contributed by atoms with Crippen LogP contribution in [0.15, 0.2) is 24.4 Å². The summed E-state index contributed by atoms with van der Waals surface area (Å²) in [5.41, 5.74) is 4.25. The predicted molar refractivity (Wildman–Crippen MR) is 74.0 cm³/mol. The molecule has 0 saturated carbocycles. The Morgan fingerprint density at radius 3 is 2.89 bits per heavy atom. The summed E-state index contributed by atoms with van der Waals surface area (Å²) in [6.07, 6.45) is 1.63. The Labute approximate surface area is 115 Å². The number of aryl methyl sites for hydroxylation is 1. The number of aromatic nitrogens is 2. The summed E-state index contributed by atoms with van der Waals surface area (Å²) in [5.74, 6) is 6.11. The molecule has 0 bridgehead atoms. The van der Waals surface area contributed by atoms with E-state index in [9.17, 15) is 0 Å². The van der Waals surface area contributed by atoms with E-state index in [2.05, 4.69) is 26.8 Å². The number of nitrogens with two attached hydrogens (primary N) is 1. The van der Waals surface area contributed by atoms with Crippen LogP contribution in [0, 0.1) is 18.3 Å². The van der Waals surface area contributed by atoms with Gasteiger partial charge in [-0.25, -0.2) is 10.8 Å². The third-order valence-corrected chi connectivity index (χ3v) is 2.69. The maximum absolute atomic E-state index is 9.06. The van der Waals surface area contributed by atoms with Crippen LogP contribution in [-0.4, -0.2) is 9.97 Å². The lowest BCUT2D eigenvalue weighted by Gasteiger charge is -2.11. The second-order valence-electron chi connectivity index (χ2n) is 3.80. The standard InChI is InChI=1S/C12H11ClN6/c1-7-6-16-12(19-15)18-11(7)17-10-4-9(13)3-2-8(10)5-14/h2-4,6H,15H2,1H3,(H2,16,17,18,19). The minimum absolute atomic E-state index is 0.286. The molecule has 0 amide bonds. The van der Waals surface area contributed by atoms with Gasteiger partial charge in [0.05, 0.1) is 11.3 Å². The van der Waals surface area contributed by atoms with Gasteiger partial charge in [0, 0.05) is 16.8 Å². The maximum atomic E-state index is 9.06. The molecule has 0 radical (unpaired) electrons. The maximum Gasteiger partial charge on any atom is 0.239 e. The summed E-state index contributed by atoms with van der Waals surface area (Å²) in [6, 6.07) is 7.05. The van der Waals surface area contributed by atoms with Crippen molar-refractivity contribution in [2.24, 2.45) is 5.84 Å². The molecule has 0 saturated heterocycles. The van der Waals surface area contributed by atoms with Crippen LogP contribution in [0.4, 0.5) is 17.5 Å². The van der Waals surface area contributed by atoms with Crippen molar-refractivity contribution in [3.05, 3.63) is 40.5 Å². The van der Waals surface area contributed by atoms with Gasteiger partial charge in [0.2, 0.25) is 5.95 Å². The zero-order valence-electron chi connectivity index (χ0n) is 10.1. The van der Waals surface area contributed by atoms with Gasteiger partial charge >= 0.3 is 0 Å². The molecule has 0 spiro atoms. The number of benzene rings is 1. The highest BCUT2D eigenvalue weighted by molar-refractivity contribution is 6.30. The zero-order valence-corrected chi connectivity index (χ0v) is 10.9. The molecule has 4 N–H and O–H groups in total. The molecule has 19 heavy (non-hydrogen) atoms. The van der Waals surface area contributed by atoms with E-state index in [1.165, 1.54) is 0 Å². The number of nitrogens with zero attached hydrogens (tertiary/aromatic N) is 3. The molecule has 96 valence electrons. The van der Waals surface area contributed by atoms with Crippen LogP contribution in [0.3, 0.4) is 0 Å². The van der Waals surface area contributed by atoms with Crippen molar-refractivity contribution >= 4 is 29.1 Å². The van der Waals surface area contributed by atoms with Crippen molar-refractivity contribution in [1.29, 1.82) is 5.26 Å². The average Bonchev–Trinajstić information content (AvgIpc) is 2.41. The molecule has 1 heterocycles. The summed E-state index contributed by atoms with van der Waals surface area (Å²) >= 11 is 5.92. The first-order valence-corrected chi connectivity index (χ1v) is 5.78. The Morgan fingerprint density at radius 1 is 1.42 bits per heavy atom. The first-order chi connectivity index (χ1) is 9.13. The van der Waals surface area contributed by atoms with Gasteiger partial charge in [-0.2, -0.15) is 10.2 Å². The lowest BCUT2D eigenvalue weighted by molar-refractivity contribution is 1.09. The third-order valence-electron chi connectivity index (χ3n) is 2.46. The van der Waals surface area contributed by atoms with E-state index in [4.69, 9.17) is 22.7 Å². The Bertz CT molecular complexity index is 649. The molecule has 0 aliphatic rings. The minimum atomic E-state index is 0.286. The fourth-order valence-corrected chi connectivity index (χ4v) is 1.66. The van der Waals surface area contributed by atoms with Gasteiger partial charge in [-0.15, -0.1) is 0 Å². The molecule has 1 aromatic carbocycles. The topological polar surface area (TPSA) is 99.7 Å². The van der Waals surface area contributed by atoms with Crippen molar-refractivity contribution in [1.82, 2.24) is 9.97 Å². The zero-order chi connectivity index (χ0) is 13.8. The molecule has 2 aromatic rings. The number of anilines is 3. The number of hydrazine groups is 1. The largest absolute Gasteiger partial charge is 0.339 e. The second-order valence-corrected chi connectivity index (χ2v) is 4.23. The molecule has 0 atom stereocenters. The fourth-order valence-electron chi connectivity index (χ4n) is 1.48. The number of hydrogen-bond donors (Lipinski definition) is 3. The predicted octanol–water partition coefficient (Wildman–Crippen LogP) is 2.34. The molecule has 1 aromatic heterocycles. The number of nitriles is 1. The van der Waals surface area contributed by atoms with Crippen LogP contribution < -0.4 is 16.6 Å².